The van der Waals surface area contributed by atoms with E-state index in [1.807, 2.05) is 18.2 Å². The first-order valence-electron chi connectivity index (χ1n) is 6.32. The van der Waals surface area contributed by atoms with Gasteiger partial charge in [0.05, 0.1) is 30.3 Å². The van der Waals surface area contributed by atoms with Crippen molar-refractivity contribution in [3.05, 3.63) is 36.0 Å². The fourth-order valence-corrected chi connectivity index (χ4v) is 1.78. The molecule has 0 saturated carbocycles. The van der Waals surface area contributed by atoms with Gasteiger partial charge in [0.2, 0.25) is 0 Å². The minimum Gasteiger partial charge on any atom is -0.497 e. The van der Waals surface area contributed by atoms with Crippen LogP contribution in [0.3, 0.4) is 0 Å². The fraction of sp³-hybridized carbons (Fsp3) is 0.333. The molecule has 0 saturated heterocycles. The lowest BCUT2D eigenvalue weighted by Gasteiger charge is -2.23. The summed E-state index contributed by atoms with van der Waals surface area (Å²) in [7, 11) is 1.59. The van der Waals surface area contributed by atoms with Crippen molar-refractivity contribution >= 4 is 16.8 Å². The quantitative estimate of drug-likeness (QED) is 0.891. The number of carbonyl (C=O) groups excluding carboxylic acids is 1. The summed E-state index contributed by atoms with van der Waals surface area (Å²) in [6.07, 6.45) is 1.53. The Morgan fingerprint density at radius 1 is 1.40 bits per heavy atom. The molecule has 106 valence electrons. The number of hydrogen-bond donors (Lipinski definition) is 2. The number of pyridine rings is 1. The molecule has 1 heterocycles. The van der Waals surface area contributed by atoms with Crippen molar-refractivity contribution in [2.24, 2.45) is 0 Å². The molecule has 20 heavy (non-hydrogen) atoms. The summed E-state index contributed by atoms with van der Waals surface area (Å²) in [5.41, 5.74) is 0.580. The maximum Gasteiger partial charge on any atom is 0.253 e. The predicted molar refractivity (Wildman–Crippen MR) is 76.9 cm³/mol. The van der Waals surface area contributed by atoms with Crippen molar-refractivity contribution in [2.45, 2.75) is 19.4 Å². The fourth-order valence-electron chi connectivity index (χ4n) is 1.78. The predicted octanol–water partition coefficient (Wildman–Crippen LogP) is 1.74. The van der Waals surface area contributed by atoms with Crippen LogP contribution in [0.4, 0.5) is 0 Å². The third kappa shape index (κ3) is 3.05. The first kappa shape index (κ1) is 14.3. The van der Waals surface area contributed by atoms with Crippen LogP contribution in [0.15, 0.2) is 30.5 Å². The highest BCUT2D eigenvalue weighted by molar-refractivity contribution is 5.97. The molecule has 0 radical (unpaired) electrons. The molecule has 2 aromatic rings. The molecule has 5 heteroatoms. The highest BCUT2D eigenvalue weighted by atomic mass is 16.5. The molecule has 0 aliphatic carbocycles. The molecular weight excluding hydrogens is 256 g/mol. The number of ether oxygens (including phenoxy) is 1. The van der Waals surface area contributed by atoms with Crippen LogP contribution in [0.25, 0.3) is 10.9 Å². The van der Waals surface area contributed by atoms with Crippen LogP contribution >= 0.6 is 0 Å². The van der Waals surface area contributed by atoms with Crippen LogP contribution in [-0.4, -0.2) is 35.3 Å². The molecule has 5 nitrogen and oxygen atoms in total. The lowest BCUT2D eigenvalue weighted by Crippen LogP contribution is -2.46. The maximum absolute atomic E-state index is 12.1. The lowest BCUT2D eigenvalue weighted by molar-refractivity contribution is 0.0869. The third-order valence-corrected chi connectivity index (χ3v) is 3.00. The number of hydrogen-bond acceptors (Lipinski definition) is 4. The normalized spacial score (nSPS) is 11.4. The second kappa shape index (κ2) is 5.46. The van der Waals surface area contributed by atoms with Crippen molar-refractivity contribution in [3.8, 4) is 5.75 Å². The molecule has 0 unspecified atom stereocenters. The summed E-state index contributed by atoms with van der Waals surface area (Å²) in [6, 6.07) is 7.25. The van der Waals surface area contributed by atoms with Gasteiger partial charge in [0.1, 0.15) is 5.75 Å². The standard InChI is InChI=1S/C15H18N2O3/c1-15(2,9-18)17-14(19)11-6-10-7-12(20-3)4-5-13(10)16-8-11/h4-8,18H,9H2,1-3H3,(H,17,19). The minimum absolute atomic E-state index is 0.131. The van der Waals surface area contributed by atoms with E-state index in [-0.39, 0.29) is 12.5 Å². The number of aliphatic hydroxyl groups is 1. The Kier molecular flexibility index (Phi) is 3.90. The van der Waals surface area contributed by atoms with E-state index in [1.165, 1.54) is 6.20 Å². The number of aliphatic hydroxyl groups excluding tert-OH is 1. The number of fused-ring (bicyclic) bond motifs is 1. The van der Waals surface area contributed by atoms with Crippen molar-refractivity contribution < 1.29 is 14.6 Å². The summed E-state index contributed by atoms with van der Waals surface area (Å²) < 4.78 is 5.16. The smallest absolute Gasteiger partial charge is 0.253 e. The van der Waals surface area contributed by atoms with Gasteiger partial charge in [0.15, 0.2) is 0 Å². The Balaban J connectivity index is 2.33. The van der Waals surface area contributed by atoms with Gasteiger partial charge in [0, 0.05) is 11.6 Å². The SMILES string of the molecule is COc1ccc2ncc(C(=O)NC(C)(C)CO)cc2c1. The van der Waals surface area contributed by atoms with E-state index in [0.717, 1.165) is 10.9 Å². The summed E-state index contributed by atoms with van der Waals surface area (Å²) in [5.74, 6) is 0.453. The van der Waals surface area contributed by atoms with E-state index in [2.05, 4.69) is 10.3 Å². The van der Waals surface area contributed by atoms with E-state index in [1.54, 1.807) is 27.0 Å². The number of rotatable bonds is 4. The van der Waals surface area contributed by atoms with Crippen molar-refractivity contribution in [3.63, 3.8) is 0 Å². The highest BCUT2D eigenvalue weighted by Crippen LogP contribution is 2.20. The van der Waals surface area contributed by atoms with E-state index in [9.17, 15) is 9.90 Å². The Labute approximate surface area is 117 Å². The summed E-state index contributed by atoms with van der Waals surface area (Å²) in [5, 5.41) is 12.8. The van der Waals surface area contributed by atoms with Crippen LogP contribution in [0.5, 0.6) is 5.75 Å². The zero-order valence-electron chi connectivity index (χ0n) is 11.8. The van der Waals surface area contributed by atoms with Crippen molar-refractivity contribution in [2.75, 3.05) is 13.7 Å². The van der Waals surface area contributed by atoms with E-state index in [0.29, 0.717) is 11.3 Å². The second-order valence-corrected chi connectivity index (χ2v) is 5.28. The van der Waals surface area contributed by atoms with Gasteiger partial charge in [-0.15, -0.1) is 0 Å². The summed E-state index contributed by atoms with van der Waals surface area (Å²) in [4.78, 5) is 16.4. The van der Waals surface area contributed by atoms with Crippen LogP contribution in [-0.2, 0) is 0 Å². The zero-order chi connectivity index (χ0) is 14.8. The van der Waals surface area contributed by atoms with Crippen molar-refractivity contribution in [1.29, 1.82) is 0 Å². The highest BCUT2D eigenvalue weighted by Gasteiger charge is 2.20. The van der Waals surface area contributed by atoms with Gasteiger partial charge in [-0.25, -0.2) is 0 Å². The number of aromatic nitrogens is 1. The second-order valence-electron chi connectivity index (χ2n) is 5.28. The molecule has 2 rings (SSSR count). The molecule has 0 spiro atoms. The number of carbonyl (C=O) groups is 1. The Morgan fingerprint density at radius 3 is 2.80 bits per heavy atom. The molecular formula is C15H18N2O3. The van der Waals surface area contributed by atoms with Crippen LogP contribution in [0, 0.1) is 0 Å². The van der Waals surface area contributed by atoms with Crippen LogP contribution in [0.2, 0.25) is 0 Å². The molecule has 1 aromatic carbocycles. The number of amides is 1. The molecule has 0 aliphatic rings. The summed E-state index contributed by atoms with van der Waals surface area (Å²) in [6.45, 7) is 3.37. The van der Waals surface area contributed by atoms with Crippen LogP contribution in [0.1, 0.15) is 24.2 Å². The van der Waals surface area contributed by atoms with E-state index < -0.39 is 5.54 Å². The van der Waals surface area contributed by atoms with Gasteiger partial charge in [-0.05, 0) is 38.1 Å². The Morgan fingerprint density at radius 2 is 2.15 bits per heavy atom. The molecule has 0 atom stereocenters. The first-order chi connectivity index (χ1) is 9.45. The molecule has 1 aromatic heterocycles. The lowest BCUT2D eigenvalue weighted by atomic mass is 10.1. The zero-order valence-corrected chi connectivity index (χ0v) is 11.8. The van der Waals surface area contributed by atoms with Gasteiger partial charge in [-0.3, -0.25) is 9.78 Å². The maximum atomic E-state index is 12.1. The molecule has 0 bridgehead atoms. The van der Waals surface area contributed by atoms with E-state index in [4.69, 9.17) is 4.74 Å². The summed E-state index contributed by atoms with van der Waals surface area (Å²) >= 11 is 0. The number of methoxy groups -OCH3 is 1. The Hall–Kier alpha value is -2.14. The van der Waals surface area contributed by atoms with Gasteiger partial charge < -0.3 is 15.2 Å². The largest absolute Gasteiger partial charge is 0.497 e. The average molecular weight is 274 g/mol. The van der Waals surface area contributed by atoms with Gasteiger partial charge in [-0.1, -0.05) is 0 Å². The average Bonchev–Trinajstić information content (AvgIpc) is 2.45. The Bertz CT molecular complexity index is 638. The molecule has 2 N–H and O–H groups in total. The third-order valence-electron chi connectivity index (χ3n) is 3.00. The minimum atomic E-state index is -0.666. The topological polar surface area (TPSA) is 71.5 Å². The molecule has 0 aliphatic heterocycles. The number of nitrogens with one attached hydrogen (secondary N) is 1. The monoisotopic (exact) mass is 274 g/mol. The van der Waals surface area contributed by atoms with Gasteiger partial charge >= 0.3 is 0 Å². The first-order valence-corrected chi connectivity index (χ1v) is 6.32. The van der Waals surface area contributed by atoms with E-state index >= 15 is 0 Å². The van der Waals surface area contributed by atoms with Gasteiger partial charge in [0.25, 0.3) is 5.91 Å². The van der Waals surface area contributed by atoms with Crippen molar-refractivity contribution in [1.82, 2.24) is 10.3 Å². The number of benzene rings is 1. The molecule has 0 fully saturated rings. The number of nitrogens with zero attached hydrogens (tertiary/aromatic N) is 1. The van der Waals surface area contributed by atoms with Crippen LogP contribution < -0.4 is 10.1 Å². The molecule has 1 amide bonds. The van der Waals surface area contributed by atoms with Gasteiger partial charge in [-0.2, -0.15) is 0 Å².